The lowest BCUT2D eigenvalue weighted by Gasteiger charge is -2.25. The van der Waals surface area contributed by atoms with Crippen LogP contribution in [0.25, 0.3) is 0 Å². The lowest BCUT2D eigenvalue weighted by atomic mass is 9.98. The molecule has 13 heteroatoms. The van der Waals surface area contributed by atoms with Gasteiger partial charge in [-0.05, 0) is 31.6 Å². The summed E-state index contributed by atoms with van der Waals surface area (Å²) in [5, 5.41) is 14.5. The van der Waals surface area contributed by atoms with Gasteiger partial charge in [0.25, 0.3) is 0 Å². The van der Waals surface area contributed by atoms with Crippen LogP contribution in [-0.4, -0.2) is 66.0 Å². The molecule has 0 aliphatic rings. The van der Waals surface area contributed by atoms with Crippen LogP contribution in [0.5, 0.6) is 0 Å². The summed E-state index contributed by atoms with van der Waals surface area (Å²) in [6.45, 7) is 4.11. The van der Waals surface area contributed by atoms with E-state index in [0.29, 0.717) is 32.2 Å². The molecule has 13 nitrogen and oxygen atoms in total. The standard InChI is InChI=1S/C18H37N9O4/c1-3-10(2)13(16(30)31)27-15(29)12(7-5-9-25-18(22)23)26-14(28)11(19)6-4-8-24-17(20)21/h10-13H,3-9,19H2,1-2H3,(H,26,28)(H,27,29)(H,30,31)(H4,20,21,24)(H4,22,23,25). The first-order chi connectivity index (χ1) is 14.5. The van der Waals surface area contributed by atoms with Crippen molar-refractivity contribution in [3.05, 3.63) is 0 Å². The zero-order chi connectivity index (χ0) is 24.0. The first-order valence-electron chi connectivity index (χ1n) is 10.2. The maximum Gasteiger partial charge on any atom is 0.326 e. The minimum atomic E-state index is -1.15. The Morgan fingerprint density at radius 2 is 1.42 bits per heavy atom. The highest BCUT2D eigenvalue weighted by Gasteiger charge is 2.30. The molecule has 0 aromatic carbocycles. The molecule has 31 heavy (non-hydrogen) atoms. The van der Waals surface area contributed by atoms with Crippen molar-refractivity contribution in [2.24, 2.45) is 44.6 Å². The fraction of sp³-hybridized carbons (Fsp3) is 0.722. The summed E-state index contributed by atoms with van der Waals surface area (Å²) < 4.78 is 0. The molecule has 2 amide bonds. The van der Waals surface area contributed by atoms with E-state index < -0.39 is 35.9 Å². The van der Waals surface area contributed by atoms with Gasteiger partial charge in [0.05, 0.1) is 6.04 Å². The van der Waals surface area contributed by atoms with Crippen LogP contribution in [0.3, 0.4) is 0 Å². The maximum atomic E-state index is 12.7. The van der Waals surface area contributed by atoms with E-state index >= 15 is 0 Å². The summed E-state index contributed by atoms with van der Waals surface area (Å²) in [6, 6.07) is -2.95. The summed E-state index contributed by atoms with van der Waals surface area (Å²) in [4.78, 5) is 44.4. The van der Waals surface area contributed by atoms with Crippen LogP contribution in [-0.2, 0) is 14.4 Å². The second-order valence-corrected chi connectivity index (χ2v) is 7.28. The Balaban J connectivity index is 5.11. The van der Waals surface area contributed by atoms with E-state index in [4.69, 9.17) is 28.7 Å². The molecule has 0 fully saturated rings. The maximum absolute atomic E-state index is 12.7. The molecular weight excluding hydrogens is 406 g/mol. The smallest absolute Gasteiger partial charge is 0.326 e. The minimum absolute atomic E-state index is 0.0511. The number of nitrogens with one attached hydrogen (secondary N) is 2. The number of carbonyl (C=O) groups excluding carboxylic acids is 2. The van der Waals surface area contributed by atoms with Crippen molar-refractivity contribution in [1.29, 1.82) is 0 Å². The molecule has 0 saturated carbocycles. The van der Waals surface area contributed by atoms with Crippen molar-refractivity contribution < 1.29 is 19.5 Å². The van der Waals surface area contributed by atoms with Crippen molar-refractivity contribution in [3.8, 4) is 0 Å². The first-order valence-corrected chi connectivity index (χ1v) is 10.2. The van der Waals surface area contributed by atoms with E-state index in [1.807, 2.05) is 6.92 Å². The second kappa shape index (κ2) is 14.8. The third kappa shape index (κ3) is 12.3. The SMILES string of the molecule is CCC(C)C(NC(=O)C(CCCN=C(N)N)NC(=O)C(N)CCCN=C(N)N)C(=O)O. The Morgan fingerprint density at radius 1 is 0.903 bits per heavy atom. The predicted octanol–water partition coefficient (Wildman–Crippen LogP) is -2.48. The van der Waals surface area contributed by atoms with Crippen molar-refractivity contribution >= 4 is 29.7 Å². The number of hydrogen-bond acceptors (Lipinski definition) is 6. The molecule has 4 unspecified atom stereocenters. The molecule has 13 N–H and O–H groups in total. The van der Waals surface area contributed by atoms with Gasteiger partial charge in [-0.2, -0.15) is 0 Å². The fourth-order valence-corrected chi connectivity index (χ4v) is 2.64. The van der Waals surface area contributed by atoms with Gasteiger partial charge in [0, 0.05) is 13.1 Å². The van der Waals surface area contributed by atoms with Crippen molar-refractivity contribution in [3.63, 3.8) is 0 Å². The molecule has 0 aliphatic carbocycles. The van der Waals surface area contributed by atoms with Crippen LogP contribution in [0.2, 0.25) is 0 Å². The van der Waals surface area contributed by atoms with E-state index in [1.54, 1.807) is 6.92 Å². The Bertz CT molecular complexity index is 646. The molecule has 0 aliphatic heterocycles. The summed E-state index contributed by atoms with van der Waals surface area (Å²) in [5.41, 5.74) is 27.0. The van der Waals surface area contributed by atoms with Gasteiger partial charge in [-0.1, -0.05) is 20.3 Å². The molecule has 0 saturated heterocycles. The van der Waals surface area contributed by atoms with Gasteiger partial charge in [0.1, 0.15) is 12.1 Å². The van der Waals surface area contributed by atoms with E-state index in [0.717, 1.165) is 0 Å². The van der Waals surface area contributed by atoms with E-state index in [9.17, 15) is 19.5 Å². The van der Waals surface area contributed by atoms with Gasteiger partial charge in [0.15, 0.2) is 11.9 Å². The molecule has 0 heterocycles. The topological polar surface area (TPSA) is 250 Å². The molecule has 0 spiro atoms. The van der Waals surface area contributed by atoms with Gasteiger partial charge < -0.3 is 44.4 Å². The number of aliphatic imine (C=N–C) groups is 2. The summed E-state index contributed by atoms with van der Waals surface area (Å²) in [7, 11) is 0. The zero-order valence-corrected chi connectivity index (χ0v) is 18.2. The molecule has 0 bridgehead atoms. The highest BCUT2D eigenvalue weighted by atomic mass is 16.4. The number of carbonyl (C=O) groups is 3. The molecule has 4 atom stereocenters. The number of amides is 2. The Morgan fingerprint density at radius 3 is 1.87 bits per heavy atom. The van der Waals surface area contributed by atoms with Gasteiger partial charge in [-0.25, -0.2) is 4.79 Å². The average Bonchev–Trinajstić information content (AvgIpc) is 2.69. The van der Waals surface area contributed by atoms with Crippen LogP contribution in [0, 0.1) is 5.92 Å². The van der Waals surface area contributed by atoms with Crippen LogP contribution < -0.4 is 39.3 Å². The average molecular weight is 444 g/mol. The molecule has 0 aromatic rings. The van der Waals surface area contributed by atoms with Crippen molar-refractivity contribution in [2.45, 2.75) is 64.1 Å². The number of guanidine groups is 2. The lowest BCUT2D eigenvalue weighted by molar-refractivity contribution is -0.143. The second-order valence-electron chi connectivity index (χ2n) is 7.28. The lowest BCUT2D eigenvalue weighted by Crippen LogP contribution is -2.55. The van der Waals surface area contributed by atoms with Crippen LogP contribution >= 0.6 is 0 Å². The number of rotatable bonds is 15. The number of hydrogen-bond donors (Lipinski definition) is 8. The summed E-state index contributed by atoms with van der Waals surface area (Å²) in [5.74, 6) is -2.73. The van der Waals surface area contributed by atoms with Crippen LogP contribution in [0.15, 0.2) is 9.98 Å². The zero-order valence-electron chi connectivity index (χ0n) is 18.2. The summed E-state index contributed by atoms with van der Waals surface area (Å²) >= 11 is 0. The molecular formula is C18H37N9O4. The molecule has 178 valence electrons. The number of aliphatic carboxylic acids is 1. The normalized spacial score (nSPS) is 14.4. The third-order valence-electron chi connectivity index (χ3n) is 4.66. The Hall–Kier alpha value is -3.09. The van der Waals surface area contributed by atoms with Gasteiger partial charge in [0.2, 0.25) is 11.8 Å². The van der Waals surface area contributed by atoms with Crippen molar-refractivity contribution in [1.82, 2.24) is 10.6 Å². The largest absolute Gasteiger partial charge is 0.480 e. The highest BCUT2D eigenvalue weighted by Crippen LogP contribution is 2.09. The first kappa shape index (κ1) is 27.9. The molecule has 0 radical (unpaired) electrons. The van der Waals surface area contributed by atoms with Crippen LogP contribution in [0.1, 0.15) is 46.0 Å². The van der Waals surface area contributed by atoms with E-state index in [-0.39, 0.29) is 30.8 Å². The number of carboxylic acids is 1. The quantitative estimate of drug-likeness (QED) is 0.0756. The van der Waals surface area contributed by atoms with E-state index in [2.05, 4.69) is 20.6 Å². The monoisotopic (exact) mass is 443 g/mol. The predicted molar refractivity (Wildman–Crippen MR) is 119 cm³/mol. The Labute approximate surface area is 182 Å². The van der Waals surface area contributed by atoms with Crippen molar-refractivity contribution in [2.75, 3.05) is 13.1 Å². The highest BCUT2D eigenvalue weighted by molar-refractivity contribution is 5.91. The van der Waals surface area contributed by atoms with E-state index in [1.165, 1.54) is 0 Å². The van der Waals surface area contributed by atoms with Gasteiger partial charge in [-0.3, -0.25) is 19.6 Å². The number of nitrogens with zero attached hydrogens (tertiary/aromatic N) is 2. The number of carboxylic acid groups (broad SMARTS) is 1. The van der Waals surface area contributed by atoms with Gasteiger partial charge in [-0.15, -0.1) is 0 Å². The fourth-order valence-electron chi connectivity index (χ4n) is 2.64. The minimum Gasteiger partial charge on any atom is -0.480 e. The molecule has 0 aromatic heterocycles. The Kier molecular flexibility index (Phi) is 13.3. The number of nitrogens with two attached hydrogens (primary N) is 5. The molecule has 0 rings (SSSR count). The summed E-state index contributed by atoms with van der Waals surface area (Å²) in [6.07, 6.45) is 1.91. The van der Waals surface area contributed by atoms with Crippen LogP contribution in [0.4, 0.5) is 0 Å². The van der Waals surface area contributed by atoms with Gasteiger partial charge >= 0.3 is 5.97 Å². The third-order valence-corrected chi connectivity index (χ3v) is 4.66.